The van der Waals surface area contributed by atoms with E-state index in [1.165, 1.54) is 17.1 Å². The van der Waals surface area contributed by atoms with Crippen LogP contribution >= 0.6 is 11.5 Å². The van der Waals surface area contributed by atoms with E-state index >= 15 is 0 Å². The maximum atomic E-state index is 12.2. The van der Waals surface area contributed by atoms with Crippen LogP contribution in [-0.2, 0) is 4.79 Å². The number of aromatic nitrogens is 1. The molecule has 0 saturated carbocycles. The lowest BCUT2D eigenvalue weighted by atomic mass is 9.90. The highest BCUT2D eigenvalue weighted by Gasteiger charge is 2.31. The predicted molar refractivity (Wildman–Crippen MR) is 89.1 cm³/mol. The first kappa shape index (κ1) is 13.2. The van der Waals surface area contributed by atoms with Gasteiger partial charge in [-0.3, -0.25) is 4.79 Å². The summed E-state index contributed by atoms with van der Waals surface area (Å²) >= 11 is 1.49. The third kappa shape index (κ3) is 2.22. The van der Waals surface area contributed by atoms with E-state index in [1.807, 2.05) is 48.5 Å². The Morgan fingerprint density at radius 1 is 1.00 bits per heavy atom. The Kier molecular flexibility index (Phi) is 3.24. The molecule has 2 aromatic carbocycles. The van der Waals surface area contributed by atoms with Crippen molar-refractivity contribution >= 4 is 23.1 Å². The summed E-state index contributed by atoms with van der Waals surface area (Å²) in [5.41, 5.74) is 3.95. The summed E-state index contributed by atoms with van der Waals surface area (Å²) in [5.74, 6) is 0.152. The van der Waals surface area contributed by atoms with Crippen LogP contribution in [0.25, 0.3) is 11.3 Å². The van der Waals surface area contributed by atoms with Crippen molar-refractivity contribution in [2.24, 2.45) is 0 Å². The van der Waals surface area contributed by atoms with E-state index in [1.54, 1.807) is 0 Å². The van der Waals surface area contributed by atoms with Crippen molar-refractivity contribution in [2.75, 3.05) is 5.32 Å². The van der Waals surface area contributed by atoms with Crippen LogP contribution < -0.4 is 5.32 Å². The number of hydrogen-bond acceptors (Lipinski definition) is 3. The normalized spacial score (nSPS) is 16.9. The van der Waals surface area contributed by atoms with Gasteiger partial charge in [-0.1, -0.05) is 60.7 Å². The van der Waals surface area contributed by atoms with Gasteiger partial charge < -0.3 is 5.32 Å². The standard InChI is InChI=1S/C18H14N2OS/c21-15-11-14(12-7-3-1-4-8-12)18-17(19-15)16(20-22-18)13-9-5-2-6-10-13/h1-10,14H,11H2,(H,19,21)/t14-/m0/s1. The lowest BCUT2D eigenvalue weighted by Gasteiger charge is -2.22. The fourth-order valence-corrected chi connectivity index (χ4v) is 3.85. The Bertz CT molecular complexity index is 812. The quantitative estimate of drug-likeness (QED) is 0.767. The highest BCUT2D eigenvalue weighted by molar-refractivity contribution is 7.07. The zero-order chi connectivity index (χ0) is 14.9. The molecule has 0 saturated heterocycles. The Morgan fingerprint density at radius 2 is 1.68 bits per heavy atom. The first-order valence-electron chi connectivity index (χ1n) is 7.22. The molecule has 108 valence electrons. The number of nitrogens with one attached hydrogen (secondary N) is 1. The van der Waals surface area contributed by atoms with Crippen LogP contribution in [0.1, 0.15) is 22.8 Å². The number of rotatable bonds is 2. The molecule has 1 aliphatic heterocycles. The Morgan fingerprint density at radius 3 is 2.41 bits per heavy atom. The lowest BCUT2D eigenvalue weighted by molar-refractivity contribution is -0.116. The van der Waals surface area contributed by atoms with Gasteiger partial charge in [0.1, 0.15) is 5.69 Å². The smallest absolute Gasteiger partial charge is 0.225 e. The Balaban J connectivity index is 1.83. The molecular formula is C18H14N2OS. The molecule has 0 fully saturated rings. The van der Waals surface area contributed by atoms with Gasteiger partial charge in [0.15, 0.2) is 0 Å². The second kappa shape index (κ2) is 5.39. The van der Waals surface area contributed by atoms with Gasteiger partial charge in [0.05, 0.1) is 10.6 Å². The van der Waals surface area contributed by atoms with Gasteiger partial charge in [-0.2, -0.15) is 4.37 Å². The average molecular weight is 306 g/mol. The summed E-state index contributed by atoms with van der Waals surface area (Å²) in [4.78, 5) is 13.3. The second-order valence-corrected chi connectivity index (χ2v) is 6.16. The van der Waals surface area contributed by atoms with Crippen LogP contribution in [0.3, 0.4) is 0 Å². The third-order valence-electron chi connectivity index (χ3n) is 3.94. The Labute approximate surface area is 132 Å². The van der Waals surface area contributed by atoms with Crippen molar-refractivity contribution in [1.29, 1.82) is 0 Å². The zero-order valence-electron chi connectivity index (χ0n) is 11.8. The molecule has 3 aromatic rings. The molecule has 1 N–H and O–H groups in total. The number of carbonyl (C=O) groups excluding carboxylic acids is 1. The SMILES string of the molecule is O=C1C[C@@H](c2ccccc2)c2snc(-c3ccccc3)c2N1. The fraction of sp³-hybridized carbons (Fsp3) is 0.111. The van der Waals surface area contributed by atoms with E-state index in [-0.39, 0.29) is 11.8 Å². The topological polar surface area (TPSA) is 42.0 Å². The molecule has 0 bridgehead atoms. The van der Waals surface area contributed by atoms with Crippen LogP contribution in [-0.4, -0.2) is 10.3 Å². The summed E-state index contributed by atoms with van der Waals surface area (Å²) in [6, 6.07) is 20.2. The molecule has 1 aromatic heterocycles. The average Bonchev–Trinajstić information content (AvgIpc) is 2.99. The van der Waals surface area contributed by atoms with E-state index in [0.29, 0.717) is 6.42 Å². The van der Waals surface area contributed by atoms with E-state index < -0.39 is 0 Å². The molecule has 0 unspecified atom stereocenters. The number of hydrogen-bond donors (Lipinski definition) is 1. The van der Waals surface area contributed by atoms with E-state index in [9.17, 15) is 4.79 Å². The van der Waals surface area contributed by atoms with Gasteiger partial charge in [0.25, 0.3) is 0 Å². The minimum atomic E-state index is 0.0544. The molecule has 1 atom stereocenters. The lowest BCUT2D eigenvalue weighted by Crippen LogP contribution is -2.22. The maximum Gasteiger partial charge on any atom is 0.225 e. The van der Waals surface area contributed by atoms with Crippen LogP contribution in [0.4, 0.5) is 5.69 Å². The summed E-state index contributed by atoms with van der Waals surface area (Å²) in [7, 11) is 0. The van der Waals surface area contributed by atoms with Crippen molar-refractivity contribution in [3.05, 3.63) is 71.1 Å². The van der Waals surface area contributed by atoms with Gasteiger partial charge in [0, 0.05) is 17.9 Å². The van der Waals surface area contributed by atoms with Crippen molar-refractivity contribution in [1.82, 2.24) is 4.37 Å². The first-order chi connectivity index (χ1) is 10.8. The summed E-state index contributed by atoms with van der Waals surface area (Å²) in [5, 5.41) is 3.02. The molecule has 4 rings (SSSR count). The highest BCUT2D eigenvalue weighted by Crippen LogP contribution is 2.44. The number of nitrogens with zero attached hydrogens (tertiary/aromatic N) is 1. The van der Waals surface area contributed by atoms with Crippen molar-refractivity contribution in [2.45, 2.75) is 12.3 Å². The third-order valence-corrected chi connectivity index (χ3v) is 4.90. The van der Waals surface area contributed by atoms with Crippen molar-refractivity contribution < 1.29 is 4.79 Å². The number of amides is 1. The zero-order valence-corrected chi connectivity index (χ0v) is 12.6. The first-order valence-corrected chi connectivity index (χ1v) is 8.00. The van der Waals surface area contributed by atoms with E-state index in [4.69, 9.17) is 0 Å². The fourth-order valence-electron chi connectivity index (χ4n) is 2.88. The summed E-state index contributed by atoms with van der Waals surface area (Å²) in [6.45, 7) is 0. The van der Waals surface area contributed by atoms with Gasteiger partial charge >= 0.3 is 0 Å². The van der Waals surface area contributed by atoms with Gasteiger partial charge in [-0.05, 0) is 17.1 Å². The van der Waals surface area contributed by atoms with Crippen LogP contribution in [0.5, 0.6) is 0 Å². The number of fused-ring (bicyclic) bond motifs is 1. The number of carbonyl (C=O) groups is 1. The second-order valence-electron chi connectivity index (χ2n) is 5.35. The number of anilines is 1. The summed E-state index contributed by atoms with van der Waals surface area (Å²) in [6.07, 6.45) is 0.480. The molecular weight excluding hydrogens is 292 g/mol. The van der Waals surface area contributed by atoms with Crippen molar-refractivity contribution in [3.63, 3.8) is 0 Å². The van der Waals surface area contributed by atoms with E-state index in [2.05, 4.69) is 21.8 Å². The van der Waals surface area contributed by atoms with Gasteiger partial charge in [-0.25, -0.2) is 0 Å². The predicted octanol–water partition coefficient (Wildman–Crippen LogP) is 4.28. The van der Waals surface area contributed by atoms with Gasteiger partial charge in [-0.15, -0.1) is 0 Å². The molecule has 3 nitrogen and oxygen atoms in total. The van der Waals surface area contributed by atoms with Crippen LogP contribution in [0.2, 0.25) is 0 Å². The number of benzene rings is 2. The Hall–Kier alpha value is -2.46. The highest BCUT2D eigenvalue weighted by atomic mass is 32.1. The van der Waals surface area contributed by atoms with Crippen LogP contribution in [0.15, 0.2) is 60.7 Å². The molecule has 0 aliphatic carbocycles. The molecule has 0 spiro atoms. The van der Waals surface area contributed by atoms with Gasteiger partial charge in [0.2, 0.25) is 5.91 Å². The summed E-state index contributed by atoms with van der Waals surface area (Å²) < 4.78 is 4.61. The van der Waals surface area contributed by atoms with E-state index in [0.717, 1.165) is 21.8 Å². The molecule has 22 heavy (non-hydrogen) atoms. The molecule has 0 radical (unpaired) electrons. The maximum absolute atomic E-state index is 12.2. The molecule has 2 heterocycles. The molecule has 4 heteroatoms. The minimum absolute atomic E-state index is 0.0544. The minimum Gasteiger partial charge on any atom is -0.323 e. The van der Waals surface area contributed by atoms with Crippen LogP contribution in [0, 0.1) is 0 Å². The van der Waals surface area contributed by atoms with Crippen molar-refractivity contribution in [3.8, 4) is 11.3 Å². The largest absolute Gasteiger partial charge is 0.323 e. The monoisotopic (exact) mass is 306 g/mol. The molecule has 1 amide bonds. The molecule has 1 aliphatic rings.